The number of benzene rings is 1. The molecule has 0 unspecified atom stereocenters. The highest BCUT2D eigenvalue weighted by atomic mass is 32.2. The fourth-order valence-corrected chi connectivity index (χ4v) is 3.65. The van der Waals surface area contributed by atoms with Gasteiger partial charge in [-0.1, -0.05) is 25.9 Å². The fraction of sp³-hybridized carbons (Fsp3) is 0.529. The quantitative estimate of drug-likeness (QED) is 0.843. The number of nitrogens with one attached hydrogen (secondary N) is 1. The van der Waals surface area contributed by atoms with Gasteiger partial charge in [0.15, 0.2) is 5.82 Å². The number of rotatable bonds is 6. The van der Waals surface area contributed by atoms with Crippen molar-refractivity contribution in [1.82, 2.24) is 14.9 Å². The van der Waals surface area contributed by atoms with Gasteiger partial charge in [-0.15, -0.1) is 0 Å². The predicted octanol–water partition coefficient (Wildman–Crippen LogP) is 2.51. The van der Waals surface area contributed by atoms with E-state index in [1.54, 1.807) is 26.2 Å². The Morgan fingerprint density at radius 3 is 2.44 bits per heavy atom. The van der Waals surface area contributed by atoms with Gasteiger partial charge < -0.3 is 9.26 Å². The summed E-state index contributed by atoms with van der Waals surface area (Å²) in [7, 11) is -2.06. The molecule has 0 saturated carbocycles. The lowest BCUT2D eigenvalue weighted by Gasteiger charge is -2.12. The van der Waals surface area contributed by atoms with E-state index in [0.29, 0.717) is 29.4 Å². The average Bonchev–Trinajstić information content (AvgIpc) is 2.98. The topological polar surface area (TPSA) is 94.3 Å². The second-order valence-electron chi connectivity index (χ2n) is 7.00. The number of nitrogens with zero attached hydrogens (tertiary/aromatic N) is 2. The Morgan fingerprint density at radius 2 is 1.88 bits per heavy atom. The van der Waals surface area contributed by atoms with E-state index in [1.165, 1.54) is 0 Å². The number of sulfonamides is 1. The Bertz CT molecular complexity index is 851. The molecule has 0 fully saturated rings. The van der Waals surface area contributed by atoms with Crippen molar-refractivity contribution in [3.63, 3.8) is 0 Å². The van der Waals surface area contributed by atoms with Crippen molar-refractivity contribution in [3.05, 3.63) is 35.0 Å². The first-order valence-corrected chi connectivity index (χ1v) is 9.51. The second-order valence-corrected chi connectivity index (χ2v) is 8.74. The first kappa shape index (κ1) is 19.4. The Kier molecular flexibility index (Phi) is 5.53. The molecule has 1 N–H and O–H groups in total. The highest BCUT2D eigenvalue weighted by Crippen LogP contribution is 2.25. The van der Waals surface area contributed by atoms with Crippen LogP contribution in [0, 0.1) is 13.8 Å². The zero-order valence-corrected chi connectivity index (χ0v) is 16.3. The van der Waals surface area contributed by atoms with E-state index in [4.69, 9.17) is 9.26 Å². The molecule has 0 radical (unpaired) electrons. The molecule has 2 aromatic rings. The molecule has 7 nitrogen and oxygen atoms in total. The Hall–Kier alpha value is -1.93. The molecule has 1 aromatic heterocycles. The number of aromatic nitrogens is 2. The number of hydrogen-bond acceptors (Lipinski definition) is 6. The Morgan fingerprint density at radius 1 is 1.20 bits per heavy atom. The summed E-state index contributed by atoms with van der Waals surface area (Å²) < 4.78 is 38.1. The molecule has 8 heteroatoms. The predicted molar refractivity (Wildman–Crippen MR) is 94.4 cm³/mol. The summed E-state index contributed by atoms with van der Waals surface area (Å²) in [5.74, 6) is 1.68. The van der Waals surface area contributed by atoms with Crippen LogP contribution in [0.2, 0.25) is 0 Å². The largest absolute Gasteiger partial charge is 0.496 e. The number of ether oxygens (including phenoxy) is 1. The normalized spacial score (nSPS) is 12.4. The summed E-state index contributed by atoms with van der Waals surface area (Å²) in [4.78, 5) is 4.54. The van der Waals surface area contributed by atoms with Crippen LogP contribution in [0.1, 0.15) is 43.6 Å². The molecule has 0 aliphatic carbocycles. The summed E-state index contributed by atoms with van der Waals surface area (Å²) in [6.45, 7) is 9.66. The van der Waals surface area contributed by atoms with Crippen LogP contribution in [-0.4, -0.2) is 32.2 Å². The van der Waals surface area contributed by atoms with E-state index in [0.717, 1.165) is 5.56 Å². The lowest BCUT2D eigenvalue weighted by atomic mass is 9.97. The minimum absolute atomic E-state index is 0.190. The van der Waals surface area contributed by atoms with Gasteiger partial charge in [0.1, 0.15) is 5.75 Å². The molecule has 138 valence electrons. The van der Waals surface area contributed by atoms with E-state index >= 15 is 0 Å². The smallest absolute Gasteiger partial charge is 0.240 e. The molecule has 0 amide bonds. The molecule has 1 heterocycles. The van der Waals surface area contributed by atoms with Gasteiger partial charge in [0, 0.05) is 18.4 Å². The van der Waals surface area contributed by atoms with E-state index in [9.17, 15) is 8.42 Å². The second kappa shape index (κ2) is 7.13. The van der Waals surface area contributed by atoms with Gasteiger partial charge in [0.2, 0.25) is 15.9 Å². The summed E-state index contributed by atoms with van der Waals surface area (Å²) in [6, 6.07) is 3.33. The molecule has 0 bridgehead atoms. The molecule has 0 saturated heterocycles. The van der Waals surface area contributed by atoms with Gasteiger partial charge in [0.25, 0.3) is 0 Å². The van der Waals surface area contributed by atoms with Gasteiger partial charge in [0.05, 0.1) is 12.0 Å². The van der Waals surface area contributed by atoms with E-state index in [2.05, 4.69) is 14.9 Å². The van der Waals surface area contributed by atoms with Crippen LogP contribution in [0.15, 0.2) is 21.6 Å². The van der Waals surface area contributed by atoms with Crippen molar-refractivity contribution in [1.29, 1.82) is 0 Å². The van der Waals surface area contributed by atoms with Gasteiger partial charge in [-0.05, 0) is 37.1 Å². The maximum Gasteiger partial charge on any atom is 0.240 e. The van der Waals surface area contributed by atoms with Gasteiger partial charge in [-0.2, -0.15) is 4.98 Å². The highest BCUT2D eigenvalue weighted by Gasteiger charge is 2.22. The summed E-state index contributed by atoms with van der Waals surface area (Å²) in [6.07, 6.45) is 0.354. The van der Waals surface area contributed by atoms with Crippen LogP contribution >= 0.6 is 0 Å². The van der Waals surface area contributed by atoms with Crippen molar-refractivity contribution in [2.45, 2.75) is 51.3 Å². The zero-order chi connectivity index (χ0) is 18.8. The third-order valence-electron chi connectivity index (χ3n) is 3.73. The van der Waals surface area contributed by atoms with Crippen molar-refractivity contribution in [2.24, 2.45) is 0 Å². The minimum atomic E-state index is -3.62. The highest BCUT2D eigenvalue weighted by molar-refractivity contribution is 7.89. The van der Waals surface area contributed by atoms with Crippen LogP contribution < -0.4 is 9.46 Å². The minimum Gasteiger partial charge on any atom is -0.496 e. The Balaban J connectivity index is 2.07. The standard InChI is InChI=1S/C17H25N3O4S/c1-11-10-14(12(2)9-13(11)23-6)25(21,22)18-8-7-15-19-16(24-20-15)17(3,4)5/h9-10,18H,7-8H2,1-6H3. The van der Waals surface area contributed by atoms with Crippen molar-refractivity contribution in [3.8, 4) is 5.75 Å². The van der Waals surface area contributed by atoms with E-state index in [1.807, 2.05) is 27.7 Å². The molecule has 0 aliphatic rings. The first-order valence-electron chi connectivity index (χ1n) is 8.02. The van der Waals surface area contributed by atoms with Crippen molar-refractivity contribution < 1.29 is 17.7 Å². The van der Waals surface area contributed by atoms with Gasteiger partial charge >= 0.3 is 0 Å². The summed E-state index contributed by atoms with van der Waals surface area (Å²) >= 11 is 0. The third-order valence-corrected chi connectivity index (χ3v) is 5.34. The van der Waals surface area contributed by atoms with Gasteiger partial charge in [-0.3, -0.25) is 0 Å². The SMILES string of the molecule is COc1cc(C)c(S(=O)(=O)NCCc2noc(C(C)(C)C)n2)cc1C. The number of hydrogen-bond donors (Lipinski definition) is 1. The maximum absolute atomic E-state index is 12.5. The first-order chi connectivity index (χ1) is 11.5. The molecule has 2 rings (SSSR count). The monoisotopic (exact) mass is 367 g/mol. The summed E-state index contributed by atoms with van der Waals surface area (Å²) in [5.41, 5.74) is 1.16. The average molecular weight is 367 g/mol. The van der Waals surface area contributed by atoms with Crippen molar-refractivity contribution in [2.75, 3.05) is 13.7 Å². The zero-order valence-electron chi connectivity index (χ0n) is 15.5. The van der Waals surface area contributed by atoms with Crippen LogP contribution in [-0.2, 0) is 21.9 Å². The van der Waals surface area contributed by atoms with Crippen LogP contribution in [0.4, 0.5) is 0 Å². The van der Waals surface area contributed by atoms with E-state index < -0.39 is 10.0 Å². The van der Waals surface area contributed by atoms with Gasteiger partial charge in [-0.25, -0.2) is 13.1 Å². The molecule has 0 aliphatic heterocycles. The van der Waals surface area contributed by atoms with Crippen LogP contribution in [0.25, 0.3) is 0 Å². The fourth-order valence-electron chi connectivity index (χ4n) is 2.31. The van der Waals surface area contributed by atoms with Crippen LogP contribution in [0.5, 0.6) is 5.75 Å². The molecular formula is C17H25N3O4S. The summed E-state index contributed by atoms with van der Waals surface area (Å²) in [5, 5.41) is 3.89. The van der Waals surface area contributed by atoms with Crippen molar-refractivity contribution >= 4 is 10.0 Å². The van der Waals surface area contributed by atoms with E-state index in [-0.39, 0.29) is 16.9 Å². The third kappa shape index (κ3) is 4.58. The molecule has 0 atom stereocenters. The molecule has 0 spiro atoms. The van der Waals surface area contributed by atoms with Crippen LogP contribution in [0.3, 0.4) is 0 Å². The maximum atomic E-state index is 12.5. The lowest BCUT2D eigenvalue weighted by molar-refractivity contribution is 0.318. The Labute approximate surface area is 148 Å². The lowest BCUT2D eigenvalue weighted by Crippen LogP contribution is -2.27. The molecule has 1 aromatic carbocycles. The molecular weight excluding hydrogens is 342 g/mol. The number of methoxy groups -OCH3 is 1. The number of aryl methyl sites for hydroxylation is 2. The molecule has 25 heavy (non-hydrogen) atoms.